The Morgan fingerprint density at radius 2 is 1.56 bits per heavy atom. The van der Waals surface area contributed by atoms with E-state index < -0.39 is 5.97 Å². The topological polar surface area (TPSA) is 66.8 Å². The first kappa shape index (κ1) is 13.6. The van der Waals surface area contributed by atoms with E-state index in [1.54, 1.807) is 42.5 Å². The zero-order valence-electron chi connectivity index (χ0n) is 9.91. The first-order valence-corrected chi connectivity index (χ1v) is 5.25. The predicted octanol–water partition coefficient (Wildman–Crippen LogP) is 2.79. The number of phenolic OH excluding ortho intramolecular Hbond substituents is 1. The molecule has 0 aliphatic rings. The SMILES string of the molecule is COc1ccccc1C(=O)O.Oc1ccccc1. The summed E-state index contributed by atoms with van der Waals surface area (Å²) >= 11 is 0. The second kappa shape index (κ2) is 6.96. The van der Waals surface area contributed by atoms with E-state index in [1.807, 2.05) is 6.07 Å². The van der Waals surface area contributed by atoms with Gasteiger partial charge in [0, 0.05) is 0 Å². The third kappa shape index (κ3) is 4.17. The summed E-state index contributed by atoms with van der Waals surface area (Å²) in [5.41, 5.74) is 0.190. The molecule has 94 valence electrons. The fraction of sp³-hybridized carbons (Fsp3) is 0.0714. The highest BCUT2D eigenvalue weighted by Gasteiger charge is 2.07. The van der Waals surface area contributed by atoms with Crippen molar-refractivity contribution in [2.45, 2.75) is 0 Å². The highest BCUT2D eigenvalue weighted by Crippen LogP contribution is 2.16. The fourth-order valence-electron chi connectivity index (χ4n) is 1.25. The quantitative estimate of drug-likeness (QED) is 0.855. The van der Waals surface area contributed by atoms with Gasteiger partial charge < -0.3 is 14.9 Å². The Morgan fingerprint density at radius 1 is 1.00 bits per heavy atom. The first-order valence-electron chi connectivity index (χ1n) is 5.25. The molecule has 0 aliphatic heterocycles. The molecular weight excluding hydrogens is 232 g/mol. The van der Waals surface area contributed by atoms with Gasteiger partial charge >= 0.3 is 5.97 Å². The maximum absolute atomic E-state index is 10.5. The standard InChI is InChI=1S/C8H8O3.C6H6O/c1-11-7-5-3-2-4-6(7)8(9)10;7-6-4-2-1-3-5-6/h2-5H,1H3,(H,9,10);1-5,7H. The van der Waals surface area contributed by atoms with Gasteiger partial charge in [-0.2, -0.15) is 0 Å². The maximum Gasteiger partial charge on any atom is 0.339 e. The van der Waals surface area contributed by atoms with Gasteiger partial charge in [-0.15, -0.1) is 0 Å². The van der Waals surface area contributed by atoms with E-state index in [1.165, 1.54) is 13.2 Å². The normalized spacial score (nSPS) is 8.94. The number of benzene rings is 2. The van der Waals surface area contributed by atoms with Crippen LogP contribution in [-0.4, -0.2) is 23.3 Å². The number of para-hydroxylation sites is 2. The summed E-state index contributed by atoms with van der Waals surface area (Å²) in [6, 6.07) is 15.2. The molecule has 0 heterocycles. The maximum atomic E-state index is 10.5. The molecule has 4 nitrogen and oxygen atoms in total. The van der Waals surface area contributed by atoms with E-state index in [4.69, 9.17) is 14.9 Å². The second-order valence-corrected chi connectivity index (χ2v) is 3.34. The Labute approximate surface area is 105 Å². The summed E-state index contributed by atoms with van der Waals surface area (Å²) in [7, 11) is 1.45. The first-order chi connectivity index (χ1) is 8.65. The summed E-state index contributed by atoms with van der Waals surface area (Å²) in [5.74, 6) is -0.259. The van der Waals surface area contributed by atoms with Gasteiger partial charge in [-0.05, 0) is 24.3 Å². The Balaban J connectivity index is 0.000000199. The molecule has 0 aromatic heterocycles. The van der Waals surface area contributed by atoms with E-state index in [2.05, 4.69) is 0 Å². The minimum Gasteiger partial charge on any atom is -0.508 e. The number of hydrogen-bond donors (Lipinski definition) is 2. The summed E-state index contributed by atoms with van der Waals surface area (Å²) < 4.78 is 4.83. The average Bonchev–Trinajstić information content (AvgIpc) is 2.40. The van der Waals surface area contributed by atoms with Crippen molar-refractivity contribution in [3.05, 3.63) is 60.2 Å². The van der Waals surface area contributed by atoms with Crippen LogP contribution >= 0.6 is 0 Å². The van der Waals surface area contributed by atoms with E-state index in [0.717, 1.165) is 0 Å². The number of rotatable bonds is 2. The molecule has 0 bridgehead atoms. The monoisotopic (exact) mass is 246 g/mol. The minimum absolute atomic E-state index is 0.190. The third-order valence-corrected chi connectivity index (χ3v) is 2.09. The highest BCUT2D eigenvalue weighted by atomic mass is 16.5. The van der Waals surface area contributed by atoms with Crippen molar-refractivity contribution in [2.75, 3.05) is 7.11 Å². The predicted molar refractivity (Wildman–Crippen MR) is 68.1 cm³/mol. The molecule has 0 saturated carbocycles. The molecule has 2 N–H and O–H groups in total. The molecular formula is C14H14O4. The molecule has 0 saturated heterocycles. The highest BCUT2D eigenvalue weighted by molar-refractivity contribution is 5.90. The molecule has 2 aromatic rings. The van der Waals surface area contributed by atoms with Crippen LogP contribution in [0.1, 0.15) is 10.4 Å². The van der Waals surface area contributed by atoms with Crippen LogP contribution in [0.25, 0.3) is 0 Å². The van der Waals surface area contributed by atoms with Gasteiger partial charge in [0.15, 0.2) is 0 Å². The van der Waals surface area contributed by atoms with Crippen LogP contribution in [0.5, 0.6) is 11.5 Å². The summed E-state index contributed by atoms with van der Waals surface area (Å²) in [4.78, 5) is 10.5. The Bertz CT molecular complexity index is 494. The Kier molecular flexibility index (Phi) is 5.25. The molecule has 0 fully saturated rings. The minimum atomic E-state index is -0.970. The van der Waals surface area contributed by atoms with Crippen molar-refractivity contribution in [1.29, 1.82) is 0 Å². The van der Waals surface area contributed by atoms with Crippen molar-refractivity contribution in [2.24, 2.45) is 0 Å². The molecule has 0 amide bonds. The van der Waals surface area contributed by atoms with Crippen LogP contribution < -0.4 is 4.74 Å². The molecule has 2 rings (SSSR count). The van der Waals surface area contributed by atoms with E-state index in [-0.39, 0.29) is 5.56 Å². The molecule has 4 heteroatoms. The molecule has 18 heavy (non-hydrogen) atoms. The number of ether oxygens (including phenoxy) is 1. The second-order valence-electron chi connectivity index (χ2n) is 3.34. The number of carboxylic acids is 1. The lowest BCUT2D eigenvalue weighted by molar-refractivity contribution is 0.0693. The van der Waals surface area contributed by atoms with Crippen molar-refractivity contribution in [3.63, 3.8) is 0 Å². The number of methoxy groups -OCH3 is 1. The van der Waals surface area contributed by atoms with Gasteiger partial charge in [0.1, 0.15) is 17.1 Å². The van der Waals surface area contributed by atoms with Crippen LogP contribution in [0.4, 0.5) is 0 Å². The van der Waals surface area contributed by atoms with E-state index in [9.17, 15) is 4.79 Å². The van der Waals surface area contributed by atoms with Gasteiger partial charge in [0.2, 0.25) is 0 Å². The fourth-order valence-corrected chi connectivity index (χ4v) is 1.25. The van der Waals surface area contributed by atoms with Crippen molar-refractivity contribution in [3.8, 4) is 11.5 Å². The molecule has 0 atom stereocenters. The van der Waals surface area contributed by atoms with Crippen molar-refractivity contribution in [1.82, 2.24) is 0 Å². The Morgan fingerprint density at radius 3 is 1.94 bits per heavy atom. The lowest BCUT2D eigenvalue weighted by Gasteiger charge is -2.01. The van der Waals surface area contributed by atoms with Crippen LogP contribution in [0, 0.1) is 0 Å². The number of aromatic hydroxyl groups is 1. The van der Waals surface area contributed by atoms with E-state index in [0.29, 0.717) is 11.5 Å². The number of aromatic carboxylic acids is 1. The lowest BCUT2D eigenvalue weighted by Crippen LogP contribution is -1.99. The number of carbonyl (C=O) groups is 1. The molecule has 0 radical (unpaired) electrons. The van der Waals surface area contributed by atoms with E-state index >= 15 is 0 Å². The average molecular weight is 246 g/mol. The zero-order chi connectivity index (χ0) is 13.4. The molecule has 0 spiro atoms. The van der Waals surface area contributed by atoms with Crippen LogP contribution in [0.3, 0.4) is 0 Å². The van der Waals surface area contributed by atoms with Crippen LogP contribution in [0.2, 0.25) is 0 Å². The third-order valence-electron chi connectivity index (χ3n) is 2.09. The van der Waals surface area contributed by atoms with Crippen molar-refractivity contribution < 1.29 is 19.7 Å². The van der Waals surface area contributed by atoms with Crippen molar-refractivity contribution >= 4 is 5.97 Å². The van der Waals surface area contributed by atoms with Gasteiger partial charge in [-0.1, -0.05) is 30.3 Å². The largest absolute Gasteiger partial charge is 0.508 e. The van der Waals surface area contributed by atoms with Gasteiger partial charge in [0.25, 0.3) is 0 Å². The van der Waals surface area contributed by atoms with Gasteiger partial charge in [-0.3, -0.25) is 0 Å². The lowest BCUT2D eigenvalue weighted by atomic mass is 10.2. The van der Waals surface area contributed by atoms with Crippen LogP contribution in [0.15, 0.2) is 54.6 Å². The zero-order valence-corrected chi connectivity index (χ0v) is 9.91. The van der Waals surface area contributed by atoms with Gasteiger partial charge in [-0.25, -0.2) is 4.79 Å². The summed E-state index contributed by atoms with van der Waals surface area (Å²) in [5, 5.41) is 17.2. The van der Waals surface area contributed by atoms with Crippen LogP contribution in [-0.2, 0) is 0 Å². The van der Waals surface area contributed by atoms with Gasteiger partial charge in [0.05, 0.1) is 7.11 Å². The summed E-state index contributed by atoms with van der Waals surface area (Å²) in [6.07, 6.45) is 0. The number of carboxylic acid groups (broad SMARTS) is 1. The smallest absolute Gasteiger partial charge is 0.339 e. The number of hydrogen-bond acceptors (Lipinski definition) is 3. The molecule has 2 aromatic carbocycles. The Hall–Kier alpha value is -2.49. The number of phenols is 1. The molecule has 0 unspecified atom stereocenters. The molecule has 0 aliphatic carbocycles. The summed E-state index contributed by atoms with van der Waals surface area (Å²) in [6.45, 7) is 0.